The Morgan fingerprint density at radius 1 is 1.09 bits per heavy atom. The number of carbonyl (C=O) groups is 1. The average Bonchev–Trinajstić information content (AvgIpc) is 3.25. The van der Waals surface area contributed by atoms with Crippen LogP contribution in [0, 0.1) is 5.92 Å². The number of rotatable bonds is 6. The van der Waals surface area contributed by atoms with Crippen molar-refractivity contribution in [3.8, 4) is 0 Å². The monoisotopic (exact) mass is 477 g/mol. The molecule has 184 valence electrons. The molecule has 1 aromatic carbocycles. The third-order valence-electron chi connectivity index (χ3n) is 7.50. The molecule has 3 aliphatic rings. The number of nitrogens with zero attached hydrogens (tertiary/aromatic N) is 2. The predicted molar refractivity (Wildman–Crippen MR) is 129 cm³/mol. The Balaban J connectivity index is 1.30. The van der Waals surface area contributed by atoms with Crippen molar-refractivity contribution in [3.63, 3.8) is 0 Å². The van der Waals surface area contributed by atoms with Crippen LogP contribution in [-0.4, -0.2) is 74.0 Å². The highest BCUT2D eigenvalue weighted by molar-refractivity contribution is 7.89. The number of nitrogens with one attached hydrogen (secondary N) is 1. The molecule has 33 heavy (non-hydrogen) atoms. The molecule has 0 unspecified atom stereocenters. The van der Waals surface area contributed by atoms with Gasteiger partial charge in [-0.25, -0.2) is 8.42 Å². The van der Waals surface area contributed by atoms with Crippen molar-refractivity contribution < 1.29 is 17.9 Å². The zero-order chi connectivity index (χ0) is 23.8. The largest absolute Gasteiger partial charge is 0.373 e. The Morgan fingerprint density at radius 3 is 2.39 bits per heavy atom. The van der Waals surface area contributed by atoms with Crippen LogP contribution in [0.5, 0.6) is 0 Å². The molecular weight excluding hydrogens is 438 g/mol. The van der Waals surface area contributed by atoms with Gasteiger partial charge in [-0.05, 0) is 83.1 Å². The molecule has 2 fully saturated rings. The first-order valence-electron chi connectivity index (χ1n) is 12.4. The van der Waals surface area contributed by atoms with Gasteiger partial charge < -0.3 is 10.1 Å². The minimum atomic E-state index is -3.51. The lowest BCUT2D eigenvalue weighted by atomic mass is 9.95. The van der Waals surface area contributed by atoms with Crippen LogP contribution in [-0.2, 0) is 32.4 Å². The molecule has 0 radical (unpaired) electrons. The first-order valence-corrected chi connectivity index (χ1v) is 13.8. The van der Waals surface area contributed by atoms with Crippen molar-refractivity contribution in [3.05, 3.63) is 29.3 Å². The summed E-state index contributed by atoms with van der Waals surface area (Å²) in [5.41, 5.74) is 2.27. The summed E-state index contributed by atoms with van der Waals surface area (Å²) < 4.78 is 33.7. The van der Waals surface area contributed by atoms with Gasteiger partial charge in [0, 0.05) is 44.2 Å². The zero-order valence-electron chi connectivity index (χ0n) is 20.5. The van der Waals surface area contributed by atoms with E-state index in [0.29, 0.717) is 37.4 Å². The molecule has 1 aliphatic carbocycles. The molecule has 1 aromatic rings. The molecule has 8 heteroatoms. The average molecular weight is 478 g/mol. The summed E-state index contributed by atoms with van der Waals surface area (Å²) in [4.78, 5) is 15.7. The number of hydrogen-bond donors (Lipinski definition) is 1. The number of piperidine rings is 1. The fourth-order valence-corrected chi connectivity index (χ4v) is 6.97. The summed E-state index contributed by atoms with van der Waals surface area (Å²) >= 11 is 0. The van der Waals surface area contributed by atoms with Gasteiger partial charge in [0.1, 0.15) is 0 Å². The van der Waals surface area contributed by atoms with Gasteiger partial charge in [0.25, 0.3) is 0 Å². The number of sulfonamides is 1. The van der Waals surface area contributed by atoms with E-state index in [1.807, 2.05) is 12.1 Å². The number of morpholine rings is 1. The number of amides is 1. The van der Waals surface area contributed by atoms with Gasteiger partial charge in [-0.3, -0.25) is 9.69 Å². The normalized spacial score (nSPS) is 25.7. The van der Waals surface area contributed by atoms with Crippen LogP contribution in [0.25, 0.3) is 0 Å². The molecule has 7 nitrogen and oxygen atoms in total. The van der Waals surface area contributed by atoms with E-state index in [0.717, 1.165) is 37.9 Å². The summed E-state index contributed by atoms with van der Waals surface area (Å²) in [6.45, 7) is 11.5. The molecule has 2 saturated heterocycles. The maximum atomic E-state index is 13.2. The van der Waals surface area contributed by atoms with Crippen molar-refractivity contribution in [2.45, 2.75) is 82.4 Å². The lowest BCUT2D eigenvalue weighted by Gasteiger charge is -2.45. The molecule has 1 amide bonds. The second-order valence-electron chi connectivity index (χ2n) is 10.7. The van der Waals surface area contributed by atoms with Crippen LogP contribution < -0.4 is 5.32 Å². The van der Waals surface area contributed by atoms with Crippen LogP contribution in [0.15, 0.2) is 23.1 Å². The van der Waals surface area contributed by atoms with Gasteiger partial charge >= 0.3 is 0 Å². The fraction of sp³-hybridized carbons (Fsp3) is 0.720. The summed E-state index contributed by atoms with van der Waals surface area (Å²) in [5.74, 6) is -0.109. The second kappa shape index (κ2) is 9.64. The van der Waals surface area contributed by atoms with E-state index in [-0.39, 0.29) is 29.6 Å². The number of ether oxygens (including phenoxy) is 1. The highest BCUT2D eigenvalue weighted by Crippen LogP contribution is 2.29. The van der Waals surface area contributed by atoms with Crippen LogP contribution in [0.3, 0.4) is 0 Å². The molecule has 0 aromatic heterocycles. The summed E-state index contributed by atoms with van der Waals surface area (Å²) in [7, 11) is -3.51. The van der Waals surface area contributed by atoms with E-state index in [1.165, 1.54) is 5.56 Å². The topological polar surface area (TPSA) is 79.0 Å². The van der Waals surface area contributed by atoms with Crippen LogP contribution in [0.1, 0.15) is 58.1 Å². The van der Waals surface area contributed by atoms with Crippen molar-refractivity contribution in [1.82, 2.24) is 14.5 Å². The van der Waals surface area contributed by atoms with E-state index in [1.54, 1.807) is 10.4 Å². The predicted octanol–water partition coefficient (Wildman–Crippen LogP) is 2.58. The zero-order valence-corrected chi connectivity index (χ0v) is 21.3. The highest BCUT2D eigenvalue weighted by atomic mass is 32.2. The van der Waals surface area contributed by atoms with Crippen LogP contribution >= 0.6 is 0 Å². The second-order valence-corrected chi connectivity index (χ2v) is 12.6. The molecule has 2 atom stereocenters. The number of aryl methyl sites for hydroxylation is 2. The number of fused-ring (bicyclic) bond motifs is 1. The Labute approximate surface area is 198 Å². The third-order valence-corrected chi connectivity index (χ3v) is 9.40. The first-order chi connectivity index (χ1) is 15.6. The quantitative estimate of drug-likeness (QED) is 0.681. The fourth-order valence-electron chi connectivity index (χ4n) is 5.45. The standard InChI is InChI=1S/C25H39N3O4S/c1-18-15-27(16-19(2)32-18)25(3,4)17-26-24(29)21-10-12-28(13-11-21)33(30,31)23-9-8-20-6-5-7-22(20)14-23/h8-9,14,18-19,21H,5-7,10-13,15-17H2,1-4H3,(H,26,29)/t18-,19+. The molecule has 0 bridgehead atoms. The minimum Gasteiger partial charge on any atom is -0.373 e. The smallest absolute Gasteiger partial charge is 0.243 e. The molecule has 1 N–H and O–H groups in total. The Kier molecular flexibility index (Phi) is 7.20. The lowest BCUT2D eigenvalue weighted by Crippen LogP contribution is -2.59. The van der Waals surface area contributed by atoms with Gasteiger partial charge in [-0.1, -0.05) is 6.07 Å². The minimum absolute atomic E-state index is 0.0343. The van der Waals surface area contributed by atoms with E-state index in [9.17, 15) is 13.2 Å². The Hall–Kier alpha value is -1.48. The van der Waals surface area contributed by atoms with E-state index >= 15 is 0 Å². The maximum absolute atomic E-state index is 13.2. The maximum Gasteiger partial charge on any atom is 0.243 e. The Morgan fingerprint density at radius 2 is 1.73 bits per heavy atom. The Bertz CT molecular complexity index is 960. The van der Waals surface area contributed by atoms with Crippen LogP contribution in [0.2, 0.25) is 0 Å². The number of benzene rings is 1. The van der Waals surface area contributed by atoms with Gasteiger partial charge in [0.2, 0.25) is 15.9 Å². The van der Waals surface area contributed by atoms with Crippen molar-refractivity contribution in [2.24, 2.45) is 5.92 Å². The third kappa shape index (κ3) is 5.45. The summed E-state index contributed by atoms with van der Waals surface area (Å²) in [5, 5.41) is 3.14. The summed E-state index contributed by atoms with van der Waals surface area (Å²) in [6.07, 6.45) is 4.57. The first kappa shape index (κ1) is 24.6. The van der Waals surface area contributed by atoms with Gasteiger partial charge in [-0.2, -0.15) is 4.31 Å². The molecule has 0 saturated carbocycles. The van der Waals surface area contributed by atoms with Gasteiger partial charge in [0.15, 0.2) is 0 Å². The van der Waals surface area contributed by atoms with Crippen molar-refractivity contribution in [2.75, 3.05) is 32.7 Å². The lowest BCUT2D eigenvalue weighted by molar-refractivity contribution is -0.127. The van der Waals surface area contributed by atoms with Crippen LogP contribution in [0.4, 0.5) is 0 Å². The van der Waals surface area contributed by atoms with E-state index < -0.39 is 10.0 Å². The van der Waals surface area contributed by atoms with E-state index in [4.69, 9.17) is 4.74 Å². The number of hydrogen-bond acceptors (Lipinski definition) is 5. The van der Waals surface area contributed by atoms with Crippen molar-refractivity contribution >= 4 is 15.9 Å². The van der Waals surface area contributed by atoms with E-state index in [2.05, 4.69) is 37.9 Å². The molecular formula is C25H39N3O4S. The molecule has 4 rings (SSSR count). The van der Waals surface area contributed by atoms with Gasteiger partial charge in [-0.15, -0.1) is 0 Å². The SMILES string of the molecule is C[C@@H]1CN(C(C)(C)CNC(=O)C2CCN(S(=O)(=O)c3ccc4c(c3)CCC4)CC2)C[C@H](C)O1. The number of carbonyl (C=O) groups excluding carboxylic acids is 1. The molecule has 2 aliphatic heterocycles. The molecule has 0 spiro atoms. The highest BCUT2D eigenvalue weighted by Gasteiger charge is 2.36. The summed E-state index contributed by atoms with van der Waals surface area (Å²) in [6, 6.07) is 5.56. The molecule has 2 heterocycles. The van der Waals surface area contributed by atoms with Gasteiger partial charge in [0.05, 0.1) is 17.1 Å². The van der Waals surface area contributed by atoms with Crippen molar-refractivity contribution in [1.29, 1.82) is 0 Å².